The standard InChI is InChI=1S/C15H12Cl2F3N3/c16-12-9-11(15(18,19)20)13(17)22-14(12)23-21-8-4-7-10-5-2-1-3-6-10/h1-3,5-6,8-9H,4,7H2,(H,22,23)/b21-8+. The van der Waals surface area contributed by atoms with E-state index in [2.05, 4.69) is 15.5 Å². The van der Waals surface area contributed by atoms with Crippen LogP contribution in [0.2, 0.25) is 10.2 Å². The van der Waals surface area contributed by atoms with E-state index in [0.717, 1.165) is 18.1 Å². The van der Waals surface area contributed by atoms with E-state index in [-0.39, 0.29) is 10.8 Å². The second-order valence-corrected chi connectivity index (χ2v) is 5.37. The third-order valence-corrected chi connectivity index (χ3v) is 3.48. The Morgan fingerprint density at radius 1 is 1.17 bits per heavy atom. The first-order valence-electron chi connectivity index (χ1n) is 6.62. The van der Waals surface area contributed by atoms with Crippen molar-refractivity contribution in [1.82, 2.24) is 4.98 Å². The Labute approximate surface area is 141 Å². The average Bonchev–Trinajstić information content (AvgIpc) is 2.50. The second kappa shape index (κ2) is 7.66. The van der Waals surface area contributed by atoms with Crippen molar-refractivity contribution in [2.75, 3.05) is 5.43 Å². The van der Waals surface area contributed by atoms with Gasteiger partial charge in [-0.15, -0.1) is 0 Å². The third kappa shape index (κ3) is 5.11. The molecule has 1 aromatic carbocycles. The number of pyridine rings is 1. The van der Waals surface area contributed by atoms with E-state index in [0.29, 0.717) is 6.42 Å². The Bertz CT molecular complexity index is 688. The van der Waals surface area contributed by atoms with Crippen LogP contribution in [0.4, 0.5) is 19.0 Å². The summed E-state index contributed by atoms with van der Waals surface area (Å²) in [5.41, 5.74) is 2.57. The summed E-state index contributed by atoms with van der Waals surface area (Å²) < 4.78 is 37.9. The molecule has 0 amide bonds. The van der Waals surface area contributed by atoms with Crippen molar-refractivity contribution in [3.63, 3.8) is 0 Å². The molecule has 122 valence electrons. The van der Waals surface area contributed by atoms with Crippen LogP contribution in [0, 0.1) is 0 Å². The molecule has 2 aromatic rings. The Morgan fingerprint density at radius 3 is 2.52 bits per heavy atom. The topological polar surface area (TPSA) is 37.3 Å². The zero-order valence-electron chi connectivity index (χ0n) is 11.7. The summed E-state index contributed by atoms with van der Waals surface area (Å²) in [4.78, 5) is 3.58. The summed E-state index contributed by atoms with van der Waals surface area (Å²) in [5, 5.41) is 3.01. The number of halogens is 5. The van der Waals surface area contributed by atoms with Crippen molar-refractivity contribution in [1.29, 1.82) is 0 Å². The van der Waals surface area contributed by atoms with Gasteiger partial charge in [-0.25, -0.2) is 4.98 Å². The molecule has 1 N–H and O–H groups in total. The SMILES string of the molecule is FC(F)(F)c1cc(Cl)c(N/N=C/CCc2ccccc2)nc1Cl. The highest BCUT2D eigenvalue weighted by molar-refractivity contribution is 6.34. The normalized spacial score (nSPS) is 11.9. The van der Waals surface area contributed by atoms with Gasteiger partial charge in [-0.2, -0.15) is 18.3 Å². The Kier molecular flexibility index (Phi) is 5.85. The number of rotatable bonds is 5. The van der Waals surface area contributed by atoms with E-state index < -0.39 is 16.9 Å². The third-order valence-electron chi connectivity index (χ3n) is 2.90. The first kappa shape index (κ1) is 17.6. The van der Waals surface area contributed by atoms with E-state index in [4.69, 9.17) is 23.2 Å². The van der Waals surface area contributed by atoms with Gasteiger partial charge < -0.3 is 0 Å². The highest BCUT2D eigenvalue weighted by Crippen LogP contribution is 2.37. The molecule has 2 rings (SSSR count). The molecule has 3 nitrogen and oxygen atoms in total. The molecule has 23 heavy (non-hydrogen) atoms. The summed E-state index contributed by atoms with van der Waals surface area (Å²) >= 11 is 11.3. The van der Waals surface area contributed by atoms with E-state index in [1.165, 1.54) is 0 Å². The van der Waals surface area contributed by atoms with Gasteiger partial charge in [0.25, 0.3) is 0 Å². The first-order chi connectivity index (χ1) is 10.9. The molecule has 1 heterocycles. The molecule has 0 saturated heterocycles. The van der Waals surface area contributed by atoms with Crippen LogP contribution in [-0.4, -0.2) is 11.2 Å². The molecule has 0 aliphatic carbocycles. The summed E-state index contributed by atoms with van der Waals surface area (Å²) in [5.74, 6) is -0.0272. The zero-order valence-corrected chi connectivity index (χ0v) is 13.3. The molecule has 0 unspecified atom stereocenters. The van der Waals surface area contributed by atoms with Crippen LogP contribution < -0.4 is 5.43 Å². The maximum absolute atomic E-state index is 12.6. The Morgan fingerprint density at radius 2 is 1.87 bits per heavy atom. The predicted molar refractivity (Wildman–Crippen MR) is 86.1 cm³/mol. The second-order valence-electron chi connectivity index (χ2n) is 4.60. The molecule has 1 aromatic heterocycles. The van der Waals surface area contributed by atoms with E-state index in [1.807, 2.05) is 30.3 Å². The van der Waals surface area contributed by atoms with Gasteiger partial charge in [0, 0.05) is 6.21 Å². The fraction of sp³-hybridized carbons (Fsp3) is 0.200. The van der Waals surface area contributed by atoms with Gasteiger partial charge >= 0.3 is 6.18 Å². The highest BCUT2D eigenvalue weighted by Gasteiger charge is 2.34. The number of nitrogens with zero attached hydrogens (tertiary/aromatic N) is 2. The zero-order chi connectivity index (χ0) is 16.9. The maximum Gasteiger partial charge on any atom is 0.419 e. The van der Waals surface area contributed by atoms with Crippen LogP contribution in [0.3, 0.4) is 0 Å². The van der Waals surface area contributed by atoms with Crippen molar-refractivity contribution >= 4 is 35.2 Å². The van der Waals surface area contributed by atoms with Gasteiger partial charge in [-0.05, 0) is 24.5 Å². The molecule has 0 spiro atoms. The van der Waals surface area contributed by atoms with Gasteiger partial charge in [0.05, 0.1) is 10.6 Å². The van der Waals surface area contributed by atoms with E-state index >= 15 is 0 Å². The fourth-order valence-electron chi connectivity index (χ4n) is 1.79. The minimum absolute atomic E-state index is 0.0272. The van der Waals surface area contributed by atoms with Crippen molar-refractivity contribution in [3.05, 3.63) is 57.7 Å². The minimum atomic E-state index is -4.61. The quantitative estimate of drug-likeness (QED) is 0.437. The van der Waals surface area contributed by atoms with Crippen molar-refractivity contribution in [2.24, 2.45) is 5.10 Å². The number of hydrazone groups is 1. The number of hydrogen-bond acceptors (Lipinski definition) is 3. The van der Waals surface area contributed by atoms with Crippen molar-refractivity contribution in [3.8, 4) is 0 Å². The molecule has 0 bridgehead atoms. The van der Waals surface area contributed by atoms with Crippen molar-refractivity contribution in [2.45, 2.75) is 19.0 Å². The average molecular weight is 362 g/mol. The summed E-state index contributed by atoms with van der Waals surface area (Å²) in [6.07, 6.45) is -1.56. The predicted octanol–water partition coefficient (Wildman–Crippen LogP) is 5.44. The van der Waals surface area contributed by atoms with Gasteiger partial charge in [0.15, 0.2) is 5.82 Å². The van der Waals surface area contributed by atoms with Gasteiger partial charge in [-0.3, -0.25) is 5.43 Å². The van der Waals surface area contributed by atoms with Gasteiger partial charge in [0.2, 0.25) is 0 Å². The number of hydrogen-bond donors (Lipinski definition) is 1. The van der Waals surface area contributed by atoms with Crippen LogP contribution >= 0.6 is 23.2 Å². The largest absolute Gasteiger partial charge is 0.419 e. The van der Waals surface area contributed by atoms with Crippen LogP contribution in [0.25, 0.3) is 0 Å². The molecular weight excluding hydrogens is 350 g/mol. The molecule has 8 heteroatoms. The molecule has 0 radical (unpaired) electrons. The molecule has 0 atom stereocenters. The Hall–Kier alpha value is -1.79. The van der Waals surface area contributed by atoms with Crippen LogP contribution in [0.15, 0.2) is 41.5 Å². The van der Waals surface area contributed by atoms with Crippen molar-refractivity contribution < 1.29 is 13.2 Å². The lowest BCUT2D eigenvalue weighted by Gasteiger charge is -2.10. The number of nitrogens with one attached hydrogen (secondary N) is 1. The van der Waals surface area contributed by atoms with Crippen LogP contribution in [-0.2, 0) is 12.6 Å². The first-order valence-corrected chi connectivity index (χ1v) is 7.38. The summed E-state index contributed by atoms with van der Waals surface area (Å²) in [6, 6.07) is 10.5. The minimum Gasteiger partial charge on any atom is -0.260 e. The Balaban J connectivity index is 1.95. The number of benzene rings is 1. The molecule has 0 fully saturated rings. The molecular formula is C15H12Cl2F3N3. The van der Waals surface area contributed by atoms with Crippen LogP contribution in [0.5, 0.6) is 0 Å². The van der Waals surface area contributed by atoms with Gasteiger partial charge in [0.1, 0.15) is 5.15 Å². The number of aromatic nitrogens is 1. The van der Waals surface area contributed by atoms with Crippen LogP contribution in [0.1, 0.15) is 17.5 Å². The summed E-state index contributed by atoms with van der Waals surface area (Å²) in [7, 11) is 0. The lowest BCUT2D eigenvalue weighted by atomic mass is 10.1. The lowest BCUT2D eigenvalue weighted by Crippen LogP contribution is -2.08. The number of alkyl halides is 3. The smallest absolute Gasteiger partial charge is 0.260 e. The maximum atomic E-state index is 12.6. The molecule has 0 aliphatic heterocycles. The van der Waals surface area contributed by atoms with E-state index in [1.54, 1.807) is 6.21 Å². The number of anilines is 1. The lowest BCUT2D eigenvalue weighted by molar-refractivity contribution is -0.137. The number of aryl methyl sites for hydroxylation is 1. The monoisotopic (exact) mass is 361 g/mol. The molecule has 0 aliphatic rings. The van der Waals surface area contributed by atoms with E-state index in [9.17, 15) is 13.2 Å². The fourth-order valence-corrected chi connectivity index (χ4v) is 2.23. The molecule has 0 saturated carbocycles. The summed E-state index contributed by atoms with van der Waals surface area (Å²) in [6.45, 7) is 0. The van der Waals surface area contributed by atoms with Gasteiger partial charge in [-0.1, -0.05) is 53.5 Å². The highest BCUT2D eigenvalue weighted by atomic mass is 35.5.